The van der Waals surface area contributed by atoms with Gasteiger partial charge in [-0.05, 0) is 37.8 Å². The summed E-state index contributed by atoms with van der Waals surface area (Å²) in [6, 6.07) is 5.38. The summed E-state index contributed by atoms with van der Waals surface area (Å²) in [5.74, 6) is 0. The molecule has 96 valence electrons. The van der Waals surface area contributed by atoms with Gasteiger partial charge in [0.05, 0.1) is 23.2 Å². The lowest BCUT2D eigenvalue weighted by atomic mass is 9.95. The van der Waals surface area contributed by atoms with Gasteiger partial charge in [0.15, 0.2) is 0 Å². The van der Waals surface area contributed by atoms with Crippen molar-refractivity contribution in [1.29, 1.82) is 0 Å². The fourth-order valence-electron chi connectivity index (χ4n) is 2.91. The molecule has 1 N–H and O–H groups in total. The van der Waals surface area contributed by atoms with E-state index < -0.39 is 0 Å². The van der Waals surface area contributed by atoms with E-state index >= 15 is 0 Å². The Bertz CT molecular complexity index is 489. The van der Waals surface area contributed by atoms with Gasteiger partial charge in [0.25, 0.3) is 5.69 Å². The van der Waals surface area contributed by atoms with Crippen LogP contribution in [0, 0.1) is 17.0 Å². The number of rotatable bonds is 3. The molecule has 0 amide bonds. The first kappa shape index (κ1) is 11.5. The lowest BCUT2D eigenvalue weighted by Crippen LogP contribution is -2.30. The lowest BCUT2D eigenvalue weighted by Gasteiger charge is -2.21. The standard InChI is InChI=1S/C13H16N2O3/c1-8-2-4-12(15(16)17)10(6-8)14-11-7-9-3-5-13(11)18-9/h2,4,6,9,11,13-14H,3,5,7H2,1H3. The maximum atomic E-state index is 11.0. The number of nitrogens with one attached hydrogen (secondary N) is 1. The number of benzene rings is 1. The number of nitrogens with zero attached hydrogens (tertiary/aromatic N) is 1. The molecule has 0 spiro atoms. The molecule has 2 saturated heterocycles. The molecule has 3 atom stereocenters. The van der Waals surface area contributed by atoms with Gasteiger partial charge >= 0.3 is 0 Å². The molecule has 2 fully saturated rings. The van der Waals surface area contributed by atoms with Crippen molar-refractivity contribution in [2.24, 2.45) is 0 Å². The largest absolute Gasteiger partial charge is 0.374 e. The summed E-state index contributed by atoms with van der Waals surface area (Å²) >= 11 is 0. The molecule has 5 nitrogen and oxygen atoms in total. The third kappa shape index (κ3) is 1.95. The minimum absolute atomic E-state index is 0.142. The molecule has 3 unspecified atom stereocenters. The van der Waals surface area contributed by atoms with Crippen molar-refractivity contribution in [1.82, 2.24) is 0 Å². The molecule has 2 heterocycles. The third-order valence-electron chi connectivity index (χ3n) is 3.80. The van der Waals surface area contributed by atoms with Crippen molar-refractivity contribution in [3.63, 3.8) is 0 Å². The summed E-state index contributed by atoms with van der Waals surface area (Å²) in [6.45, 7) is 1.94. The van der Waals surface area contributed by atoms with Gasteiger partial charge in [0.2, 0.25) is 0 Å². The summed E-state index contributed by atoms with van der Waals surface area (Å²) in [5.41, 5.74) is 1.77. The molecule has 1 aromatic carbocycles. The Morgan fingerprint density at radius 2 is 2.28 bits per heavy atom. The summed E-state index contributed by atoms with van der Waals surface area (Å²) < 4.78 is 5.76. The fourth-order valence-corrected chi connectivity index (χ4v) is 2.91. The molecule has 3 rings (SSSR count). The van der Waals surface area contributed by atoms with E-state index in [-0.39, 0.29) is 22.8 Å². The van der Waals surface area contributed by atoms with Crippen LogP contribution >= 0.6 is 0 Å². The molecule has 5 heteroatoms. The summed E-state index contributed by atoms with van der Waals surface area (Å²) in [6.07, 6.45) is 3.70. The van der Waals surface area contributed by atoms with Crippen LogP contribution in [-0.4, -0.2) is 23.2 Å². The van der Waals surface area contributed by atoms with Crippen LogP contribution in [0.4, 0.5) is 11.4 Å². The number of fused-ring (bicyclic) bond motifs is 2. The van der Waals surface area contributed by atoms with Crippen LogP contribution in [-0.2, 0) is 4.74 Å². The van der Waals surface area contributed by atoms with E-state index in [0.29, 0.717) is 11.8 Å². The van der Waals surface area contributed by atoms with Gasteiger partial charge in [-0.1, -0.05) is 6.07 Å². The number of aryl methyl sites for hydroxylation is 1. The first-order valence-electron chi connectivity index (χ1n) is 6.30. The summed E-state index contributed by atoms with van der Waals surface area (Å²) in [4.78, 5) is 10.7. The number of ether oxygens (including phenoxy) is 1. The number of nitro benzene ring substituents is 1. The quantitative estimate of drug-likeness (QED) is 0.659. The maximum absolute atomic E-state index is 11.0. The smallest absolute Gasteiger partial charge is 0.292 e. The Morgan fingerprint density at radius 1 is 1.44 bits per heavy atom. The van der Waals surface area contributed by atoms with Gasteiger partial charge < -0.3 is 10.1 Å². The molecule has 2 aliphatic rings. The average molecular weight is 248 g/mol. The first-order chi connectivity index (χ1) is 8.63. The molecule has 0 saturated carbocycles. The van der Waals surface area contributed by atoms with E-state index in [1.165, 1.54) is 0 Å². The van der Waals surface area contributed by atoms with Crippen LogP contribution in [0.25, 0.3) is 0 Å². The minimum Gasteiger partial charge on any atom is -0.374 e. The normalized spacial score (nSPS) is 29.5. The van der Waals surface area contributed by atoms with Crippen LogP contribution in [0.2, 0.25) is 0 Å². The molecule has 1 aromatic rings. The van der Waals surface area contributed by atoms with Crippen molar-refractivity contribution >= 4 is 11.4 Å². The molecular formula is C13H16N2O3. The Hall–Kier alpha value is -1.62. The van der Waals surface area contributed by atoms with Gasteiger partial charge in [-0.3, -0.25) is 10.1 Å². The lowest BCUT2D eigenvalue weighted by molar-refractivity contribution is -0.384. The van der Waals surface area contributed by atoms with E-state index in [4.69, 9.17) is 4.74 Å². The zero-order chi connectivity index (χ0) is 12.7. The van der Waals surface area contributed by atoms with Crippen LogP contribution in [0.1, 0.15) is 24.8 Å². The number of anilines is 1. The Balaban J connectivity index is 1.83. The zero-order valence-electron chi connectivity index (χ0n) is 10.3. The molecule has 2 aliphatic heterocycles. The van der Waals surface area contributed by atoms with Gasteiger partial charge in [-0.2, -0.15) is 0 Å². The molecule has 0 aliphatic carbocycles. The van der Waals surface area contributed by atoms with Crippen molar-refractivity contribution in [3.05, 3.63) is 33.9 Å². The summed E-state index contributed by atoms with van der Waals surface area (Å²) in [7, 11) is 0. The highest BCUT2D eigenvalue weighted by molar-refractivity contribution is 5.63. The second kappa shape index (κ2) is 4.24. The molecule has 18 heavy (non-hydrogen) atoms. The zero-order valence-corrected chi connectivity index (χ0v) is 10.3. The molecular weight excluding hydrogens is 232 g/mol. The number of nitro groups is 1. The Labute approximate surface area is 105 Å². The molecule has 2 bridgehead atoms. The van der Waals surface area contributed by atoms with Crippen molar-refractivity contribution in [2.45, 2.75) is 44.4 Å². The second-order valence-electron chi connectivity index (χ2n) is 5.14. The van der Waals surface area contributed by atoms with Crippen LogP contribution < -0.4 is 5.32 Å². The number of hydrogen-bond acceptors (Lipinski definition) is 4. The SMILES string of the molecule is Cc1ccc([N+](=O)[O-])c(NC2CC3CCC2O3)c1. The van der Waals surface area contributed by atoms with Crippen molar-refractivity contribution in [3.8, 4) is 0 Å². The second-order valence-corrected chi connectivity index (χ2v) is 5.14. The Kier molecular flexibility index (Phi) is 2.70. The maximum Gasteiger partial charge on any atom is 0.292 e. The van der Waals surface area contributed by atoms with E-state index in [1.807, 2.05) is 13.0 Å². The fraction of sp³-hybridized carbons (Fsp3) is 0.538. The van der Waals surface area contributed by atoms with E-state index in [1.54, 1.807) is 12.1 Å². The van der Waals surface area contributed by atoms with Gasteiger partial charge in [-0.15, -0.1) is 0 Å². The predicted molar refractivity (Wildman–Crippen MR) is 67.8 cm³/mol. The van der Waals surface area contributed by atoms with Gasteiger partial charge in [0.1, 0.15) is 5.69 Å². The van der Waals surface area contributed by atoms with E-state index in [0.717, 1.165) is 24.8 Å². The third-order valence-corrected chi connectivity index (χ3v) is 3.80. The van der Waals surface area contributed by atoms with Crippen LogP contribution in [0.15, 0.2) is 18.2 Å². The van der Waals surface area contributed by atoms with Crippen LogP contribution in [0.5, 0.6) is 0 Å². The Morgan fingerprint density at radius 3 is 2.89 bits per heavy atom. The monoisotopic (exact) mass is 248 g/mol. The highest BCUT2D eigenvalue weighted by atomic mass is 16.6. The topological polar surface area (TPSA) is 64.4 Å². The van der Waals surface area contributed by atoms with E-state index in [9.17, 15) is 10.1 Å². The summed E-state index contributed by atoms with van der Waals surface area (Å²) in [5, 5.41) is 14.3. The van der Waals surface area contributed by atoms with E-state index in [2.05, 4.69) is 5.32 Å². The van der Waals surface area contributed by atoms with Gasteiger partial charge in [-0.25, -0.2) is 0 Å². The molecule has 0 aromatic heterocycles. The first-order valence-corrected chi connectivity index (χ1v) is 6.30. The minimum atomic E-state index is -0.337. The van der Waals surface area contributed by atoms with Crippen molar-refractivity contribution < 1.29 is 9.66 Å². The van der Waals surface area contributed by atoms with Crippen LogP contribution in [0.3, 0.4) is 0 Å². The number of hydrogen-bond donors (Lipinski definition) is 1. The predicted octanol–water partition coefficient (Wildman–Crippen LogP) is 2.64. The van der Waals surface area contributed by atoms with Gasteiger partial charge in [0, 0.05) is 6.07 Å². The van der Waals surface area contributed by atoms with Crippen molar-refractivity contribution in [2.75, 3.05) is 5.32 Å². The molecule has 0 radical (unpaired) electrons. The highest BCUT2D eigenvalue weighted by Crippen LogP contribution is 2.37. The average Bonchev–Trinajstić information content (AvgIpc) is 2.90. The highest BCUT2D eigenvalue weighted by Gasteiger charge is 2.41.